The highest BCUT2D eigenvalue weighted by molar-refractivity contribution is 7.91. The molecule has 0 aliphatic carbocycles. The van der Waals surface area contributed by atoms with Crippen molar-refractivity contribution < 1.29 is 18.3 Å². The fraction of sp³-hybridized carbons (Fsp3) is 0.583. The highest BCUT2D eigenvalue weighted by atomic mass is 32.2. The molecule has 0 aliphatic rings. The van der Waals surface area contributed by atoms with Gasteiger partial charge >= 0.3 is 5.97 Å². The molecule has 0 unspecified atom stereocenters. The molecule has 20 heavy (non-hydrogen) atoms. The summed E-state index contributed by atoms with van der Waals surface area (Å²) in [4.78, 5) is 13.0. The van der Waals surface area contributed by atoms with Gasteiger partial charge in [0.25, 0.3) is 0 Å². The van der Waals surface area contributed by atoms with Crippen LogP contribution in [0.25, 0.3) is 0 Å². The second-order valence-electron chi connectivity index (χ2n) is 5.32. The van der Waals surface area contributed by atoms with Crippen LogP contribution in [0.2, 0.25) is 0 Å². The van der Waals surface area contributed by atoms with E-state index in [9.17, 15) is 13.2 Å². The summed E-state index contributed by atoms with van der Waals surface area (Å²) in [6.07, 6.45) is -0.163. The van der Waals surface area contributed by atoms with E-state index in [1.807, 2.05) is 32.8 Å². The molecule has 0 saturated heterocycles. The van der Waals surface area contributed by atoms with E-state index in [2.05, 4.69) is 4.72 Å². The van der Waals surface area contributed by atoms with Crippen LogP contribution in [0.1, 0.15) is 18.7 Å². The quantitative estimate of drug-likeness (QED) is 0.782. The van der Waals surface area contributed by atoms with Crippen molar-refractivity contribution in [2.75, 3.05) is 20.6 Å². The Morgan fingerprint density at radius 3 is 2.50 bits per heavy atom. The summed E-state index contributed by atoms with van der Waals surface area (Å²) in [5, 5.41) is 8.69. The number of nitrogens with zero attached hydrogens (tertiary/aromatic N) is 1. The molecule has 0 aromatic carbocycles. The van der Waals surface area contributed by atoms with Crippen LogP contribution in [0.3, 0.4) is 0 Å². The third kappa shape index (κ3) is 4.55. The molecule has 0 spiro atoms. The number of sulfonamides is 1. The average molecular weight is 320 g/mol. The van der Waals surface area contributed by atoms with Crippen LogP contribution in [0, 0.1) is 0 Å². The standard InChI is InChI=1S/C12H20N2O4S2/c1-12(2,14(3)4)8-13-20(17,18)11-6-5-9(19-11)7-10(15)16/h5-6,13H,7-8H2,1-4H3,(H,15,16). The van der Waals surface area contributed by atoms with Crippen LogP contribution in [-0.2, 0) is 21.2 Å². The van der Waals surface area contributed by atoms with Crippen LogP contribution >= 0.6 is 11.3 Å². The van der Waals surface area contributed by atoms with Crippen LogP contribution in [0.15, 0.2) is 16.3 Å². The maximum atomic E-state index is 12.1. The summed E-state index contributed by atoms with van der Waals surface area (Å²) in [5.41, 5.74) is -0.311. The monoisotopic (exact) mass is 320 g/mol. The molecular formula is C12H20N2O4S2. The molecule has 0 bridgehead atoms. The summed E-state index contributed by atoms with van der Waals surface area (Å²) in [6, 6.07) is 2.97. The molecule has 114 valence electrons. The van der Waals surface area contributed by atoms with E-state index in [4.69, 9.17) is 5.11 Å². The number of carbonyl (C=O) groups is 1. The zero-order chi connectivity index (χ0) is 15.6. The van der Waals surface area contributed by atoms with Gasteiger partial charge in [0, 0.05) is 17.0 Å². The maximum absolute atomic E-state index is 12.1. The molecule has 1 rings (SSSR count). The highest BCUT2D eigenvalue weighted by Crippen LogP contribution is 2.22. The lowest BCUT2D eigenvalue weighted by Gasteiger charge is -2.32. The van der Waals surface area contributed by atoms with Crippen LogP contribution in [0.5, 0.6) is 0 Å². The van der Waals surface area contributed by atoms with Gasteiger partial charge in [0.15, 0.2) is 0 Å². The van der Waals surface area contributed by atoms with Gasteiger partial charge in [-0.3, -0.25) is 4.79 Å². The molecule has 0 aliphatic heterocycles. The lowest BCUT2D eigenvalue weighted by Crippen LogP contribution is -2.47. The average Bonchev–Trinajstić information content (AvgIpc) is 2.75. The molecule has 2 N–H and O–H groups in total. The van der Waals surface area contributed by atoms with Crippen molar-refractivity contribution in [2.24, 2.45) is 0 Å². The van der Waals surface area contributed by atoms with E-state index >= 15 is 0 Å². The van der Waals surface area contributed by atoms with Crippen LogP contribution < -0.4 is 4.72 Å². The summed E-state index contributed by atoms with van der Waals surface area (Å²) in [6.45, 7) is 4.13. The van der Waals surface area contributed by atoms with Gasteiger partial charge in [-0.05, 0) is 40.1 Å². The molecule has 0 saturated carbocycles. The van der Waals surface area contributed by atoms with Gasteiger partial charge in [-0.25, -0.2) is 13.1 Å². The SMILES string of the molecule is CN(C)C(C)(C)CNS(=O)(=O)c1ccc(CC(=O)O)s1. The Kier molecular flexibility index (Phi) is 5.31. The molecule has 0 atom stereocenters. The summed E-state index contributed by atoms with van der Waals surface area (Å²) < 4.78 is 27.0. The Hall–Kier alpha value is -0.960. The number of carboxylic acid groups (broad SMARTS) is 1. The predicted octanol–water partition coefficient (Wildman–Crippen LogP) is 0.994. The van der Waals surface area contributed by atoms with Crippen LogP contribution in [-0.4, -0.2) is 50.6 Å². The number of hydrogen-bond acceptors (Lipinski definition) is 5. The maximum Gasteiger partial charge on any atom is 0.308 e. The van der Waals surface area contributed by atoms with Gasteiger partial charge < -0.3 is 10.0 Å². The van der Waals surface area contributed by atoms with E-state index < -0.39 is 16.0 Å². The zero-order valence-corrected chi connectivity index (χ0v) is 13.6. The van der Waals surface area contributed by atoms with E-state index in [1.165, 1.54) is 12.1 Å². The van der Waals surface area contributed by atoms with Crippen molar-refractivity contribution in [2.45, 2.75) is 30.0 Å². The first kappa shape index (κ1) is 17.1. The van der Waals surface area contributed by atoms with Gasteiger partial charge in [-0.1, -0.05) is 0 Å². The summed E-state index contributed by atoms with van der Waals surface area (Å²) in [5.74, 6) is -0.975. The number of hydrogen-bond donors (Lipinski definition) is 2. The number of aliphatic carboxylic acids is 1. The van der Waals surface area contributed by atoms with Gasteiger partial charge in [-0.2, -0.15) is 0 Å². The van der Waals surface area contributed by atoms with Crippen molar-refractivity contribution in [1.29, 1.82) is 0 Å². The van der Waals surface area contributed by atoms with Gasteiger partial charge in [0.2, 0.25) is 10.0 Å². The highest BCUT2D eigenvalue weighted by Gasteiger charge is 2.25. The van der Waals surface area contributed by atoms with Crippen molar-refractivity contribution in [3.05, 3.63) is 17.0 Å². The van der Waals surface area contributed by atoms with Gasteiger partial charge in [-0.15, -0.1) is 11.3 Å². The van der Waals surface area contributed by atoms with Gasteiger partial charge in [0.1, 0.15) is 4.21 Å². The third-order valence-electron chi connectivity index (χ3n) is 3.13. The normalized spacial score (nSPS) is 12.8. The molecule has 8 heteroatoms. The molecule has 1 aromatic rings. The first-order chi connectivity index (χ1) is 9.04. The molecule has 1 aromatic heterocycles. The Morgan fingerprint density at radius 1 is 1.40 bits per heavy atom. The van der Waals surface area contributed by atoms with Crippen molar-refractivity contribution in [3.8, 4) is 0 Å². The van der Waals surface area contributed by atoms with Crippen molar-refractivity contribution in [3.63, 3.8) is 0 Å². The largest absolute Gasteiger partial charge is 0.481 e. The molecule has 1 heterocycles. The Balaban J connectivity index is 2.79. The van der Waals surface area contributed by atoms with Crippen molar-refractivity contribution in [1.82, 2.24) is 9.62 Å². The topological polar surface area (TPSA) is 86.7 Å². The number of nitrogens with one attached hydrogen (secondary N) is 1. The fourth-order valence-electron chi connectivity index (χ4n) is 1.25. The summed E-state index contributed by atoms with van der Waals surface area (Å²) >= 11 is 0.982. The predicted molar refractivity (Wildman–Crippen MR) is 78.6 cm³/mol. The minimum absolute atomic E-state index is 0.142. The smallest absolute Gasteiger partial charge is 0.308 e. The van der Waals surface area contributed by atoms with Crippen LogP contribution in [0.4, 0.5) is 0 Å². The molecule has 0 radical (unpaired) electrons. The van der Waals surface area contributed by atoms with E-state index in [0.29, 0.717) is 4.88 Å². The molecular weight excluding hydrogens is 300 g/mol. The number of rotatable bonds is 7. The zero-order valence-electron chi connectivity index (χ0n) is 12.0. The van der Waals surface area contributed by atoms with Crippen molar-refractivity contribution >= 4 is 27.3 Å². The van der Waals surface area contributed by atoms with E-state index in [0.717, 1.165) is 11.3 Å². The molecule has 0 amide bonds. The first-order valence-corrected chi connectivity index (χ1v) is 8.32. The fourth-order valence-corrected chi connectivity index (χ4v) is 3.84. The Labute approximate surface area is 123 Å². The lowest BCUT2D eigenvalue weighted by molar-refractivity contribution is -0.136. The summed E-state index contributed by atoms with van der Waals surface area (Å²) in [7, 11) is 0.166. The molecule has 0 fully saturated rings. The minimum atomic E-state index is -3.59. The minimum Gasteiger partial charge on any atom is -0.481 e. The molecule has 6 nitrogen and oxygen atoms in total. The second-order valence-corrected chi connectivity index (χ2v) is 8.48. The first-order valence-electron chi connectivity index (χ1n) is 6.02. The second kappa shape index (κ2) is 6.21. The number of carboxylic acids is 1. The van der Waals surface area contributed by atoms with Gasteiger partial charge in [0.05, 0.1) is 6.42 Å². The number of likely N-dealkylation sites (N-methyl/N-ethyl adjacent to an activating group) is 1. The Bertz CT molecular complexity index is 576. The third-order valence-corrected chi connectivity index (χ3v) is 6.11. The number of thiophene rings is 1. The Morgan fingerprint density at radius 2 is 2.00 bits per heavy atom. The lowest BCUT2D eigenvalue weighted by atomic mass is 10.1. The van der Waals surface area contributed by atoms with E-state index in [-0.39, 0.29) is 22.7 Å². The van der Waals surface area contributed by atoms with E-state index in [1.54, 1.807) is 0 Å².